The smallest absolute Gasteiger partial charge is 0.416 e. The van der Waals surface area contributed by atoms with E-state index in [0.717, 1.165) is 54.8 Å². The molecule has 2 heterocycles. The van der Waals surface area contributed by atoms with Crippen LogP contribution in [-0.2, 0) is 19.1 Å². The van der Waals surface area contributed by atoms with Gasteiger partial charge in [-0.25, -0.2) is 0 Å². The highest BCUT2D eigenvalue weighted by Crippen LogP contribution is 2.35. The minimum absolute atomic E-state index is 0.343. The predicted octanol–water partition coefficient (Wildman–Crippen LogP) is 3.83. The zero-order valence-electron chi connectivity index (χ0n) is 10.5. The summed E-state index contributed by atoms with van der Waals surface area (Å²) in [6, 6.07) is 3.76. The van der Waals surface area contributed by atoms with Crippen LogP contribution in [0.2, 0.25) is 0 Å². The molecule has 5 heteroatoms. The lowest BCUT2D eigenvalue weighted by molar-refractivity contribution is -0.137. The van der Waals surface area contributed by atoms with Crippen molar-refractivity contribution in [1.29, 1.82) is 0 Å². The molecule has 0 spiro atoms. The zero-order valence-corrected chi connectivity index (χ0v) is 10.5. The molecule has 0 aliphatic carbocycles. The summed E-state index contributed by atoms with van der Waals surface area (Å²) < 4.78 is 43.7. The van der Waals surface area contributed by atoms with Crippen molar-refractivity contribution in [2.45, 2.75) is 25.6 Å². The van der Waals surface area contributed by atoms with Gasteiger partial charge in [0, 0.05) is 23.9 Å². The van der Waals surface area contributed by atoms with Gasteiger partial charge in [0.05, 0.1) is 5.56 Å². The van der Waals surface area contributed by atoms with Gasteiger partial charge in [0.15, 0.2) is 0 Å². The van der Waals surface area contributed by atoms with Gasteiger partial charge >= 0.3 is 6.18 Å². The van der Waals surface area contributed by atoms with Crippen LogP contribution in [0.25, 0.3) is 11.0 Å². The molecule has 0 saturated carbocycles. The average molecular weight is 269 g/mol. The van der Waals surface area contributed by atoms with E-state index in [0.29, 0.717) is 5.58 Å². The van der Waals surface area contributed by atoms with E-state index in [2.05, 4.69) is 4.90 Å². The molecule has 0 N–H and O–H groups in total. The zero-order chi connectivity index (χ0) is 13.6. The third-order valence-corrected chi connectivity index (χ3v) is 3.58. The minimum atomic E-state index is -4.32. The van der Waals surface area contributed by atoms with Gasteiger partial charge in [0.2, 0.25) is 0 Å². The van der Waals surface area contributed by atoms with Crippen LogP contribution in [0.3, 0.4) is 0 Å². The van der Waals surface area contributed by atoms with Crippen LogP contribution < -0.4 is 0 Å². The van der Waals surface area contributed by atoms with Crippen LogP contribution in [0, 0.1) is 0 Å². The number of rotatable bonds is 0. The van der Waals surface area contributed by atoms with E-state index < -0.39 is 11.7 Å². The normalized spacial score (nSPS) is 17.5. The van der Waals surface area contributed by atoms with E-state index >= 15 is 0 Å². The molecule has 1 aromatic heterocycles. The molecular formula is C14H14F3NO. The first-order valence-corrected chi connectivity index (χ1v) is 6.25. The average Bonchev–Trinajstić information content (AvgIpc) is 2.55. The Morgan fingerprint density at radius 2 is 2.05 bits per heavy atom. The molecule has 0 fully saturated rings. The second-order valence-corrected chi connectivity index (χ2v) is 5.05. The van der Waals surface area contributed by atoms with E-state index in [1.165, 1.54) is 6.07 Å². The highest BCUT2D eigenvalue weighted by Gasteiger charge is 2.31. The van der Waals surface area contributed by atoms with Crippen LogP contribution in [0.1, 0.15) is 23.3 Å². The van der Waals surface area contributed by atoms with Crippen molar-refractivity contribution in [3.05, 3.63) is 35.1 Å². The van der Waals surface area contributed by atoms with Crippen molar-refractivity contribution in [1.82, 2.24) is 4.90 Å². The van der Waals surface area contributed by atoms with Crippen molar-refractivity contribution in [3.63, 3.8) is 0 Å². The highest BCUT2D eigenvalue weighted by molar-refractivity contribution is 5.83. The maximum Gasteiger partial charge on any atom is 0.416 e. The fraction of sp³-hybridized carbons (Fsp3) is 0.429. The first kappa shape index (κ1) is 12.5. The molecule has 0 saturated heterocycles. The number of halogens is 3. The monoisotopic (exact) mass is 269 g/mol. The molecule has 0 atom stereocenters. The molecule has 2 nitrogen and oxygen atoms in total. The van der Waals surface area contributed by atoms with Crippen molar-refractivity contribution in [2.75, 3.05) is 13.6 Å². The van der Waals surface area contributed by atoms with Gasteiger partial charge in [-0.1, -0.05) is 6.07 Å². The maximum atomic E-state index is 12.7. The number of hydrogen-bond donors (Lipinski definition) is 0. The number of aryl methyl sites for hydroxylation is 1. The first-order chi connectivity index (χ1) is 8.95. The van der Waals surface area contributed by atoms with Crippen molar-refractivity contribution in [3.8, 4) is 0 Å². The van der Waals surface area contributed by atoms with Crippen LogP contribution >= 0.6 is 0 Å². The molecule has 1 aromatic carbocycles. The molecule has 0 radical (unpaired) electrons. The Hall–Kier alpha value is -1.49. The number of alkyl halides is 3. The topological polar surface area (TPSA) is 16.4 Å². The Morgan fingerprint density at radius 3 is 2.79 bits per heavy atom. The van der Waals surface area contributed by atoms with E-state index in [1.807, 2.05) is 7.05 Å². The van der Waals surface area contributed by atoms with E-state index in [1.54, 1.807) is 0 Å². The number of fused-ring (bicyclic) bond motifs is 3. The SMILES string of the molecule is CN1CCCc2oc3cc(C(F)(F)F)ccc3c2C1. The van der Waals surface area contributed by atoms with E-state index in [9.17, 15) is 13.2 Å². The molecule has 0 bridgehead atoms. The summed E-state index contributed by atoms with van der Waals surface area (Å²) in [5.41, 5.74) is 0.719. The molecule has 0 unspecified atom stereocenters. The van der Waals surface area contributed by atoms with Gasteiger partial charge in [0.25, 0.3) is 0 Å². The third-order valence-electron chi connectivity index (χ3n) is 3.58. The number of benzene rings is 1. The molecule has 1 aliphatic heterocycles. The largest absolute Gasteiger partial charge is 0.461 e. The van der Waals surface area contributed by atoms with Crippen LogP contribution in [-0.4, -0.2) is 18.5 Å². The molecule has 0 amide bonds. The fourth-order valence-corrected chi connectivity index (χ4v) is 2.61. The van der Waals surface area contributed by atoms with Gasteiger partial charge in [-0.2, -0.15) is 13.2 Å². The first-order valence-electron chi connectivity index (χ1n) is 6.25. The Bertz CT molecular complexity index is 615. The number of nitrogens with zero attached hydrogens (tertiary/aromatic N) is 1. The Morgan fingerprint density at radius 1 is 1.26 bits per heavy atom. The van der Waals surface area contributed by atoms with E-state index in [4.69, 9.17) is 4.42 Å². The van der Waals surface area contributed by atoms with Crippen LogP contribution in [0.15, 0.2) is 22.6 Å². The summed E-state index contributed by atoms with van der Waals surface area (Å²) in [5, 5.41) is 0.803. The van der Waals surface area contributed by atoms with Crippen LogP contribution in [0.5, 0.6) is 0 Å². The summed E-state index contributed by atoms with van der Waals surface area (Å²) >= 11 is 0. The Kier molecular flexibility index (Phi) is 2.82. The molecule has 1 aliphatic rings. The molecule has 19 heavy (non-hydrogen) atoms. The van der Waals surface area contributed by atoms with Gasteiger partial charge in [-0.3, -0.25) is 0 Å². The Labute approximate surface area is 108 Å². The van der Waals surface area contributed by atoms with Crippen molar-refractivity contribution < 1.29 is 17.6 Å². The highest BCUT2D eigenvalue weighted by atomic mass is 19.4. The molecule has 3 rings (SSSR count). The second-order valence-electron chi connectivity index (χ2n) is 5.05. The minimum Gasteiger partial charge on any atom is -0.461 e. The summed E-state index contributed by atoms with van der Waals surface area (Å²) in [4.78, 5) is 2.17. The summed E-state index contributed by atoms with van der Waals surface area (Å²) in [6.07, 6.45) is -2.57. The predicted molar refractivity (Wildman–Crippen MR) is 65.9 cm³/mol. The number of hydrogen-bond acceptors (Lipinski definition) is 2. The fourth-order valence-electron chi connectivity index (χ4n) is 2.61. The lowest BCUT2D eigenvalue weighted by atomic mass is 10.1. The summed E-state index contributed by atoms with van der Waals surface area (Å²) in [6.45, 7) is 1.71. The van der Waals surface area contributed by atoms with Crippen molar-refractivity contribution >= 4 is 11.0 Å². The number of furan rings is 1. The lowest BCUT2D eigenvalue weighted by Gasteiger charge is -2.12. The second kappa shape index (κ2) is 4.27. The molecule has 2 aromatic rings. The van der Waals surface area contributed by atoms with Crippen LogP contribution in [0.4, 0.5) is 13.2 Å². The van der Waals surface area contributed by atoms with Gasteiger partial charge in [0.1, 0.15) is 11.3 Å². The summed E-state index contributed by atoms with van der Waals surface area (Å²) in [5.74, 6) is 0.832. The standard InChI is InChI=1S/C14H14F3NO/c1-18-6-2-3-12-11(8-18)10-5-4-9(14(15,16)17)7-13(10)19-12/h4-5,7H,2-3,6,8H2,1H3. The van der Waals surface area contributed by atoms with Crippen molar-refractivity contribution in [2.24, 2.45) is 0 Å². The van der Waals surface area contributed by atoms with Gasteiger partial charge < -0.3 is 9.32 Å². The maximum absolute atomic E-state index is 12.7. The van der Waals surface area contributed by atoms with Gasteiger partial charge in [-0.15, -0.1) is 0 Å². The van der Waals surface area contributed by atoms with E-state index in [-0.39, 0.29) is 0 Å². The lowest BCUT2D eigenvalue weighted by Crippen LogP contribution is -2.17. The van der Waals surface area contributed by atoms with Gasteiger partial charge in [-0.05, 0) is 32.1 Å². The third kappa shape index (κ3) is 2.23. The molecule has 102 valence electrons. The molecular weight excluding hydrogens is 255 g/mol. The quantitative estimate of drug-likeness (QED) is 0.722. The Balaban J connectivity index is 2.13. The summed E-state index contributed by atoms with van der Waals surface area (Å²) in [7, 11) is 2.01.